The highest BCUT2D eigenvalue weighted by atomic mass is 19.4. The van der Waals surface area contributed by atoms with Gasteiger partial charge in [0.1, 0.15) is 17.7 Å². The van der Waals surface area contributed by atoms with Crippen molar-refractivity contribution in [3.63, 3.8) is 0 Å². The number of carbonyl (C=O) groups excluding carboxylic acids is 1. The topological polar surface area (TPSA) is 75.0 Å². The highest BCUT2D eigenvalue weighted by Gasteiger charge is 2.31. The number of H-pyrrole nitrogens is 1. The zero-order valence-electron chi connectivity index (χ0n) is 15.7. The van der Waals surface area contributed by atoms with E-state index in [-0.39, 0.29) is 18.2 Å². The summed E-state index contributed by atoms with van der Waals surface area (Å²) in [6.45, 7) is -0.0507. The van der Waals surface area contributed by atoms with Gasteiger partial charge in [-0.15, -0.1) is 0 Å². The molecule has 3 aromatic rings. The smallest absolute Gasteiger partial charge is 0.390 e. The van der Waals surface area contributed by atoms with Crippen molar-refractivity contribution in [1.29, 1.82) is 0 Å². The number of nitrogens with zero attached hydrogens (tertiary/aromatic N) is 3. The van der Waals surface area contributed by atoms with E-state index in [1.807, 2.05) is 0 Å². The third-order valence-electron chi connectivity index (χ3n) is 5.31. The molecule has 3 heterocycles. The molecular formula is C20H21F3N4O2. The van der Waals surface area contributed by atoms with Crippen molar-refractivity contribution in [3.8, 4) is 11.5 Å². The number of aromatic nitrogens is 3. The molecule has 6 nitrogen and oxygen atoms in total. The van der Waals surface area contributed by atoms with Crippen LogP contribution in [-0.4, -0.2) is 45.0 Å². The second-order valence-corrected chi connectivity index (χ2v) is 7.39. The quantitative estimate of drug-likeness (QED) is 0.638. The van der Waals surface area contributed by atoms with Crippen molar-refractivity contribution < 1.29 is 22.4 Å². The van der Waals surface area contributed by atoms with Gasteiger partial charge in [0, 0.05) is 24.7 Å². The predicted octanol–water partition coefficient (Wildman–Crippen LogP) is 4.80. The lowest BCUT2D eigenvalue weighted by Crippen LogP contribution is -2.37. The number of hydrogen-bond acceptors (Lipinski definition) is 4. The molecule has 1 aliphatic rings. The summed E-state index contributed by atoms with van der Waals surface area (Å²) in [5.74, 6) is 0.106. The summed E-state index contributed by atoms with van der Waals surface area (Å²) < 4.78 is 44.0. The van der Waals surface area contributed by atoms with E-state index in [0.29, 0.717) is 23.6 Å². The van der Waals surface area contributed by atoms with Crippen molar-refractivity contribution in [1.82, 2.24) is 19.9 Å². The second-order valence-electron chi connectivity index (χ2n) is 7.39. The van der Waals surface area contributed by atoms with Gasteiger partial charge < -0.3 is 14.3 Å². The Labute approximate surface area is 165 Å². The largest absolute Gasteiger partial charge is 0.449 e. The first-order valence-electron chi connectivity index (χ1n) is 9.65. The maximum atomic E-state index is 12.9. The summed E-state index contributed by atoms with van der Waals surface area (Å²) in [5, 5.41) is 0.737. The van der Waals surface area contributed by atoms with Gasteiger partial charge in [0.25, 0.3) is 5.91 Å². The van der Waals surface area contributed by atoms with Crippen LogP contribution in [0.2, 0.25) is 0 Å². The Kier molecular flexibility index (Phi) is 5.29. The normalized spacial score (nSPS) is 15.3. The van der Waals surface area contributed by atoms with E-state index in [1.165, 1.54) is 17.3 Å². The molecule has 1 fully saturated rings. The van der Waals surface area contributed by atoms with Gasteiger partial charge in [-0.2, -0.15) is 13.2 Å². The Morgan fingerprint density at radius 3 is 2.76 bits per heavy atom. The third-order valence-corrected chi connectivity index (χ3v) is 5.31. The molecule has 1 N–H and O–H groups in total. The van der Waals surface area contributed by atoms with Crippen LogP contribution in [0.3, 0.4) is 0 Å². The number of hydrogen-bond donors (Lipinski definition) is 1. The fourth-order valence-electron chi connectivity index (χ4n) is 3.85. The molecule has 4 rings (SSSR count). The van der Waals surface area contributed by atoms with Crippen LogP contribution < -0.4 is 0 Å². The first-order valence-corrected chi connectivity index (χ1v) is 9.65. The summed E-state index contributed by atoms with van der Waals surface area (Å²) in [4.78, 5) is 25.5. The van der Waals surface area contributed by atoms with E-state index in [9.17, 15) is 18.0 Å². The SMILES string of the molecule is O=C(c1ccc(-c2ncnc3[nH]ccc23)o1)N(CCC(F)(F)F)CC1CCCC1. The molecule has 0 spiro atoms. The number of halogens is 3. The zero-order valence-corrected chi connectivity index (χ0v) is 15.7. The second kappa shape index (κ2) is 7.88. The minimum Gasteiger partial charge on any atom is -0.449 e. The van der Waals surface area contributed by atoms with E-state index in [1.54, 1.807) is 18.3 Å². The van der Waals surface area contributed by atoms with Crippen LogP contribution in [0.25, 0.3) is 22.5 Å². The first-order chi connectivity index (χ1) is 13.9. The molecule has 0 unspecified atom stereocenters. The Balaban J connectivity index is 1.56. The minimum atomic E-state index is -4.32. The summed E-state index contributed by atoms with van der Waals surface area (Å²) in [7, 11) is 0. The van der Waals surface area contributed by atoms with Crippen LogP contribution in [0.1, 0.15) is 42.7 Å². The molecule has 0 radical (unpaired) electrons. The highest BCUT2D eigenvalue weighted by Crippen LogP contribution is 2.30. The minimum absolute atomic E-state index is 0.0162. The number of fused-ring (bicyclic) bond motifs is 1. The van der Waals surface area contributed by atoms with E-state index >= 15 is 0 Å². The van der Waals surface area contributed by atoms with Gasteiger partial charge in [-0.05, 0) is 37.0 Å². The number of alkyl halides is 3. The van der Waals surface area contributed by atoms with Crippen molar-refractivity contribution >= 4 is 16.9 Å². The molecule has 9 heteroatoms. The average molecular weight is 406 g/mol. The Morgan fingerprint density at radius 2 is 2.00 bits per heavy atom. The van der Waals surface area contributed by atoms with Crippen LogP contribution >= 0.6 is 0 Å². The number of nitrogens with one attached hydrogen (secondary N) is 1. The Bertz CT molecular complexity index is 989. The van der Waals surface area contributed by atoms with Crippen molar-refractivity contribution in [2.24, 2.45) is 5.92 Å². The molecule has 1 amide bonds. The maximum Gasteiger partial charge on any atom is 0.390 e. The van der Waals surface area contributed by atoms with Gasteiger partial charge >= 0.3 is 6.18 Å². The van der Waals surface area contributed by atoms with Gasteiger partial charge in [-0.25, -0.2) is 9.97 Å². The molecule has 0 aliphatic heterocycles. The van der Waals surface area contributed by atoms with Crippen molar-refractivity contribution in [3.05, 3.63) is 36.5 Å². The molecule has 0 aromatic carbocycles. The van der Waals surface area contributed by atoms with E-state index in [0.717, 1.165) is 31.1 Å². The van der Waals surface area contributed by atoms with Crippen LogP contribution in [0.15, 0.2) is 35.1 Å². The molecule has 0 saturated heterocycles. The van der Waals surface area contributed by atoms with Gasteiger partial charge in [0.05, 0.1) is 6.42 Å². The summed E-state index contributed by atoms with van der Waals surface area (Å²) in [5.41, 5.74) is 1.15. The predicted molar refractivity (Wildman–Crippen MR) is 100 cm³/mol. The number of amides is 1. The van der Waals surface area contributed by atoms with Crippen molar-refractivity contribution in [2.75, 3.05) is 13.1 Å². The average Bonchev–Trinajstić information content (AvgIpc) is 3.44. The van der Waals surface area contributed by atoms with E-state index in [4.69, 9.17) is 4.42 Å². The lowest BCUT2D eigenvalue weighted by Gasteiger charge is -2.25. The summed E-state index contributed by atoms with van der Waals surface area (Å²) >= 11 is 0. The van der Waals surface area contributed by atoms with Gasteiger partial charge in [-0.1, -0.05) is 12.8 Å². The maximum absolute atomic E-state index is 12.9. The molecule has 154 valence electrons. The Morgan fingerprint density at radius 1 is 1.21 bits per heavy atom. The fraction of sp³-hybridized carbons (Fsp3) is 0.450. The number of rotatable bonds is 6. The molecule has 0 atom stereocenters. The summed E-state index contributed by atoms with van der Waals surface area (Å²) in [6, 6.07) is 4.90. The Hall–Kier alpha value is -2.84. The molecule has 3 aromatic heterocycles. The van der Waals surface area contributed by atoms with Crippen LogP contribution in [0.4, 0.5) is 13.2 Å². The van der Waals surface area contributed by atoms with E-state index < -0.39 is 18.5 Å². The molecule has 1 saturated carbocycles. The third kappa shape index (κ3) is 4.44. The van der Waals surface area contributed by atoms with E-state index in [2.05, 4.69) is 15.0 Å². The molecule has 1 aliphatic carbocycles. The van der Waals surface area contributed by atoms with Gasteiger partial charge in [-0.3, -0.25) is 4.79 Å². The fourth-order valence-corrected chi connectivity index (χ4v) is 3.85. The first kappa shape index (κ1) is 19.5. The van der Waals surface area contributed by atoms with Gasteiger partial charge in [0.2, 0.25) is 0 Å². The number of furan rings is 1. The number of carbonyl (C=O) groups is 1. The standard InChI is InChI=1S/C20H21F3N4O2/c21-20(22,23)8-10-27(11-13-3-1-2-4-13)19(28)16-6-5-15(29-16)17-14-7-9-24-18(14)26-12-25-17/h5-7,9,12-13H,1-4,8,10-11H2,(H,24,25,26). The summed E-state index contributed by atoms with van der Waals surface area (Å²) in [6.07, 6.45) is 1.73. The van der Waals surface area contributed by atoms with Crippen LogP contribution in [0.5, 0.6) is 0 Å². The lowest BCUT2D eigenvalue weighted by molar-refractivity contribution is -0.136. The zero-order chi connectivity index (χ0) is 20.4. The van der Waals surface area contributed by atoms with Crippen molar-refractivity contribution in [2.45, 2.75) is 38.3 Å². The van der Waals surface area contributed by atoms with Crippen LogP contribution in [0, 0.1) is 5.92 Å². The lowest BCUT2D eigenvalue weighted by atomic mass is 10.1. The number of aromatic amines is 1. The monoisotopic (exact) mass is 406 g/mol. The molecular weight excluding hydrogens is 385 g/mol. The molecule has 29 heavy (non-hydrogen) atoms. The highest BCUT2D eigenvalue weighted by molar-refractivity contribution is 5.93. The molecule has 0 bridgehead atoms. The van der Waals surface area contributed by atoms with Gasteiger partial charge in [0.15, 0.2) is 11.5 Å². The van der Waals surface area contributed by atoms with Crippen LogP contribution in [-0.2, 0) is 0 Å².